The Balaban J connectivity index is 2.02. The normalized spacial score (nSPS) is 18.4. The van der Waals surface area contributed by atoms with Gasteiger partial charge >= 0.3 is 5.97 Å². The van der Waals surface area contributed by atoms with Crippen LogP contribution in [0.15, 0.2) is 24.3 Å². The summed E-state index contributed by atoms with van der Waals surface area (Å²) in [5, 5.41) is 12.2. The molecule has 2 N–H and O–H groups in total. The van der Waals surface area contributed by atoms with Crippen LogP contribution < -0.4 is 5.32 Å². The highest BCUT2D eigenvalue weighted by molar-refractivity contribution is 5.91. The van der Waals surface area contributed by atoms with Crippen LogP contribution in [0.1, 0.15) is 45.1 Å². The van der Waals surface area contributed by atoms with Gasteiger partial charge < -0.3 is 20.1 Å². The van der Waals surface area contributed by atoms with Crippen LogP contribution in [0.2, 0.25) is 0 Å². The quantitative estimate of drug-likeness (QED) is 0.662. The van der Waals surface area contributed by atoms with Crippen molar-refractivity contribution in [2.24, 2.45) is 5.92 Å². The lowest BCUT2D eigenvalue weighted by atomic mass is 9.97. The number of benzene rings is 1. The van der Waals surface area contributed by atoms with Gasteiger partial charge in [0.05, 0.1) is 7.11 Å². The van der Waals surface area contributed by atoms with E-state index < -0.39 is 18.1 Å². The van der Waals surface area contributed by atoms with E-state index in [4.69, 9.17) is 4.74 Å². The van der Waals surface area contributed by atoms with E-state index in [0.29, 0.717) is 19.4 Å². The maximum absolute atomic E-state index is 13.1. The molecule has 1 saturated heterocycles. The van der Waals surface area contributed by atoms with Gasteiger partial charge in [0, 0.05) is 13.0 Å². The van der Waals surface area contributed by atoms with Gasteiger partial charge in [0.25, 0.3) is 0 Å². The summed E-state index contributed by atoms with van der Waals surface area (Å²) in [4.78, 5) is 39.1. The Morgan fingerprint density at radius 3 is 2.57 bits per heavy atom. The van der Waals surface area contributed by atoms with Crippen LogP contribution in [0.25, 0.3) is 0 Å². The minimum atomic E-state index is -0.664. The zero-order chi connectivity index (χ0) is 20.7. The summed E-state index contributed by atoms with van der Waals surface area (Å²) in [7, 11) is 1.32. The second-order valence-corrected chi connectivity index (χ2v) is 7.31. The average molecular weight is 390 g/mol. The van der Waals surface area contributed by atoms with E-state index in [-0.39, 0.29) is 29.9 Å². The smallest absolute Gasteiger partial charge is 0.328 e. The van der Waals surface area contributed by atoms with Crippen molar-refractivity contribution in [2.75, 3.05) is 13.7 Å². The maximum Gasteiger partial charge on any atom is 0.328 e. The van der Waals surface area contributed by atoms with Crippen LogP contribution in [0.3, 0.4) is 0 Å². The molecule has 2 amide bonds. The highest BCUT2D eigenvalue weighted by Crippen LogP contribution is 2.22. The first kappa shape index (κ1) is 21.7. The zero-order valence-corrected chi connectivity index (χ0v) is 16.8. The number of amides is 2. The molecule has 1 aromatic rings. The van der Waals surface area contributed by atoms with Gasteiger partial charge in [0.1, 0.15) is 17.8 Å². The Kier molecular flexibility index (Phi) is 7.84. The Hall–Kier alpha value is -2.57. The standard InChI is InChI=1S/C21H30N2O5/c1-4-14(2)19(20(26)23-13-5-6-17(23)21(27)28-3)22-18(25)12-9-15-7-10-16(24)11-8-15/h7-8,10-11,14,17,19,24H,4-6,9,12-13H2,1-3H3,(H,22,25)/t14-,17-,19-/m0/s1. The van der Waals surface area contributed by atoms with Crippen molar-refractivity contribution in [3.8, 4) is 5.75 Å². The molecule has 7 heteroatoms. The highest BCUT2D eigenvalue weighted by Gasteiger charge is 2.39. The summed E-state index contributed by atoms with van der Waals surface area (Å²) in [6.07, 6.45) is 2.81. The number of carbonyl (C=O) groups excluding carboxylic acids is 3. The number of nitrogens with zero attached hydrogens (tertiary/aromatic N) is 1. The number of aromatic hydroxyl groups is 1. The van der Waals surface area contributed by atoms with E-state index in [1.807, 2.05) is 13.8 Å². The predicted molar refractivity (Wildman–Crippen MR) is 105 cm³/mol. The number of phenolic OH excluding ortho intramolecular Hbond substituents is 1. The summed E-state index contributed by atoms with van der Waals surface area (Å²) < 4.78 is 4.82. The molecule has 0 saturated carbocycles. The molecule has 7 nitrogen and oxygen atoms in total. The molecule has 2 rings (SSSR count). The molecule has 1 aliphatic rings. The minimum Gasteiger partial charge on any atom is -0.508 e. The topological polar surface area (TPSA) is 95.9 Å². The Morgan fingerprint density at radius 1 is 1.29 bits per heavy atom. The molecule has 0 bridgehead atoms. The van der Waals surface area contributed by atoms with Crippen molar-refractivity contribution in [2.45, 2.75) is 58.0 Å². The van der Waals surface area contributed by atoms with E-state index in [1.54, 1.807) is 29.2 Å². The Bertz CT molecular complexity index is 689. The number of esters is 1. The molecule has 1 aromatic carbocycles. The van der Waals surface area contributed by atoms with Gasteiger partial charge in [-0.2, -0.15) is 0 Å². The van der Waals surface area contributed by atoms with E-state index in [1.165, 1.54) is 7.11 Å². The van der Waals surface area contributed by atoms with E-state index in [2.05, 4.69) is 5.32 Å². The predicted octanol–water partition coefficient (Wildman–Crippen LogP) is 2.02. The summed E-state index contributed by atoms with van der Waals surface area (Å²) >= 11 is 0. The number of aryl methyl sites for hydroxylation is 1. The molecule has 3 atom stereocenters. The molecular formula is C21H30N2O5. The lowest BCUT2D eigenvalue weighted by Crippen LogP contribution is -2.54. The second-order valence-electron chi connectivity index (χ2n) is 7.31. The van der Waals surface area contributed by atoms with Crippen LogP contribution in [0, 0.1) is 5.92 Å². The first-order valence-corrected chi connectivity index (χ1v) is 9.83. The van der Waals surface area contributed by atoms with Crippen LogP contribution in [0.5, 0.6) is 5.75 Å². The van der Waals surface area contributed by atoms with Crippen LogP contribution in [-0.2, 0) is 25.5 Å². The summed E-state index contributed by atoms with van der Waals surface area (Å²) in [5.41, 5.74) is 0.935. The van der Waals surface area contributed by atoms with Gasteiger partial charge in [-0.25, -0.2) is 4.79 Å². The summed E-state index contributed by atoms with van der Waals surface area (Å²) in [5.74, 6) is -0.710. The van der Waals surface area contributed by atoms with Gasteiger partial charge in [-0.05, 0) is 42.9 Å². The number of methoxy groups -OCH3 is 1. The molecule has 154 valence electrons. The summed E-state index contributed by atoms with van der Waals surface area (Å²) in [6.45, 7) is 4.39. The Labute approximate surface area is 166 Å². The summed E-state index contributed by atoms with van der Waals surface area (Å²) in [6, 6.07) is 5.47. The third-order valence-corrected chi connectivity index (χ3v) is 5.38. The number of nitrogens with one attached hydrogen (secondary N) is 1. The fourth-order valence-corrected chi connectivity index (χ4v) is 3.44. The van der Waals surface area contributed by atoms with E-state index in [0.717, 1.165) is 18.4 Å². The SMILES string of the molecule is CC[C@H](C)[C@H](NC(=O)CCc1ccc(O)cc1)C(=O)N1CCC[C@H]1C(=O)OC. The van der Waals surface area contributed by atoms with Gasteiger partial charge in [-0.1, -0.05) is 32.4 Å². The number of ether oxygens (including phenoxy) is 1. The molecule has 0 spiro atoms. The van der Waals surface area contributed by atoms with E-state index >= 15 is 0 Å². The molecule has 0 radical (unpaired) electrons. The fourth-order valence-electron chi connectivity index (χ4n) is 3.44. The molecule has 1 aliphatic heterocycles. The highest BCUT2D eigenvalue weighted by atomic mass is 16.5. The van der Waals surface area contributed by atoms with Gasteiger partial charge in [-0.3, -0.25) is 9.59 Å². The third-order valence-electron chi connectivity index (χ3n) is 5.38. The van der Waals surface area contributed by atoms with Gasteiger partial charge in [0.15, 0.2) is 0 Å². The first-order chi connectivity index (χ1) is 13.4. The number of hydrogen-bond acceptors (Lipinski definition) is 5. The fraction of sp³-hybridized carbons (Fsp3) is 0.571. The van der Waals surface area contributed by atoms with Crippen molar-refractivity contribution >= 4 is 17.8 Å². The molecule has 0 aromatic heterocycles. The van der Waals surface area contributed by atoms with Crippen LogP contribution in [0.4, 0.5) is 0 Å². The van der Waals surface area contributed by atoms with Gasteiger partial charge in [-0.15, -0.1) is 0 Å². The molecule has 1 heterocycles. The molecule has 0 aliphatic carbocycles. The maximum atomic E-state index is 13.1. The zero-order valence-electron chi connectivity index (χ0n) is 16.8. The number of carbonyl (C=O) groups is 3. The number of phenols is 1. The van der Waals surface area contributed by atoms with E-state index in [9.17, 15) is 19.5 Å². The first-order valence-electron chi connectivity index (χ1n) is 9.83. The van der Waals surface area contributed by atoms with Crippen LogP contribution in [-0.4, -0.2) is 53.5 Å². The lowest BCUT2D eigenvalue weighted by molar-refractivity contribution is -0.152. The largest absolute Gasteiger partial charge is 0.508 e. The average Bonchev–Trinajstić information content (AvgIpc) is 3.19. The van der Waals surface area contributed by atoms with Crippen molar-refractivity contribution in [3.63, 3.8) is 0 Å². The van der Waals surface area contributed by atoms with Crippen molar-refractivity contribution in [1.82, 2.24) is 10.2 Å². The van der Waals surface area contributed by atoms with Crippen molar-refractivity contribution in [1.29, 1.82) is 0 Å². The van der Waals surface area contributed by atoms with Crippen molar-refractivity contribution < 1.29 is 24.2 Å². The molecule has 1 fully saturated rings. The minimum absolute atomic E-state index is 0.0518. The third kappa shape index (κ3) is 5.47. The lowest BCUT2D eigenvalue weighted by Gasteiger charge is -2.30. The Morgan fingerprint density at radius 2 is 1.96 bits per heavy atom. The molecular weight excluding hydrogens is 360 g/mol. The number of hydrogen-bond donors (Lipinski definition) is 2. The van der Waals surface area contributed by atoms with Crippen molar-refractivity contribution in [3.05, 3.63) is 29.8 Å². The number of rotatable bonds is 8. The second kappa shape index (κ2) is 10.1. The monoisotopic (exact) mass is 390 g/mol. The molecule has 28 heavy (non-hydrogen) atoms. The van der Waals surface area contributed by atoms with Crippen LogP contribution >= 0.6 is 0 Å². The number of likely N-dealkylation sites (tertiary alicyclic amines) is 1. The van der Waals surface area contributed by atoms with Gasteiger partial charge in [0.2, 0.25) is 11.8 Å². The molecule has 0 unspecified atom stereocenters.